The summed E-state index contributed by atoms with van der Waals surface area (Å²) in [5, 5.41) is 18.5. The van der Waals surface area contributed by atoms with Crippen LogP contribution in [-0.2, 0) is 15.0 Å². The third-order valence-electron chi connectivity index (χ3n) is 3.46. The fraction of sp³-hybridized carbons (Fsp3) is 0.900. The highest BCUT2D eigenvalue weighted by Crippen LogP contribution is 2.25. The zero-order chi connectivity index (χ0) is 13.3. The summed E-state index contributed by atoms with van der Waals surface area (Å²) in [7, 11) is -3.76. The van der Waals surface area contributed by atoms with Gasteiger partial charge in [0.2, 0.25) is 0 Å². The summed E-state index contributed by atoms with van der Waals surface area (Å²) >= 11 is 0. The maximum absolute atomic E-state index is 12.3. The van der Waals surface area contributed by atoms with Crippen LogP contribution in [0.5, 0.6) is 0 Å². The molecule has 0 aromatic carbocycles. The lowest BCUT2D eigenvalue weighted by Crippen LogP contribution is -2.50. The van der Waals surface area contributed by atoms with E-state index in [1.54, 1.807) is 0 Å². The molecule has 2 N–H and O–H groups in total. The lowest BCUT2D eigenvalue weighted by atomic mass is 10.2. The number of hydrogen-bond acceptors (Lipinski definition) is 4. The van der Waals surface area contributed by atoms with E-state index in [0.717, 1.165) is 23.6 Å². The summed E-state index contributed by atoms with van der Waals surface area (Å²) in [4.78, 5) is 11.1. The molecule has 0 spiro atoms. The van der Waals surface area contributed by atoms with E-state index in [-0.39, 0.29) is 13.0 Å². The number of hydrogen-bond donors (Lipinski definition) is 2. The van der Waals surface area contributed by atoms with Gasteiger partial charge < -0.3 is 10.2 Å². The molecule has 0 amide bonds. The Bertz CT molecular complexity index is 418. The van der Waals surface area contributed by atoms with Crippen molar-refractivity contribution in [1.29, 1.82) is 0 Å². The van der Waals surface area contributed by atoms with Gasteiger partial charge in [-0.1, -0.05) is 6.42 Å². The van der Waals surface area contributed by atoms with Crippen LogP contribution in [0.4, 0.5) is 0 Å². The van der Waals surface area contributed by atoms with Gasteiger partial charge in [0.1, 0.15) is 6.04 Å². The van der Waals surface area contributed by atoms with E-state index in [1.807, 2.05) is 0 Å². The van der Waals surface area contributed by atoms with E-state index in [0.29, 0.717) is 13.1 Å². The molecular weight excluding hydrogens is 260 g/mol. The minimum Gasteiger partial charge on any atom is -0.480 e. The van der Waals surface area contributed by atoms with Crippen LogP contribution in [0.2, 0.25) is 0 Å². The van der Waals surface area contributed by atoms with Crippen molar-refractivity contribution in [2.24, 2.45) is 0 Å². The quantitative estimate of drug-likeness (QED) is 0.707. The van der Waals surface area contributed by atoms with Crippen molar-refractivity contribution in [3.05, 3.63) is 0 Å². The number of nitrogens with zero attached hydrogens (tertiary/aromatic N) is 2. The Morgan fingerprint density at radius 3 is 2.33 bits per heavy atom. The topological polar surface area (TPSA) is 98.1 Å². The van der Waals surface area contributed by atoms with E-state index >= 15 is 0 Å². The molecule has 0 saturated carbocycles. The second-order valence-electron chi connectivity index (χ2n) is 4.78. The molecule has 2 fully saturated rings. The van der Waals surface area contributed by atoms with Gasteiger partial charge in [-0.15, -0.1) is 0 Å². The smallest absolute Gasteiger partial charge is 0.322 e. The molecule has 2 saturated heterocycles. The minimum atomic E-state index is -3.76. The second-order valence-corrected chi connectivity index (χ2v) is 6.66. The van der Waals surface area contributed by atoms with Gasteiger partial charge >= 0.3 is 5.97 Å². The van der Waals surface area contributed by atoms with Crippen molar-refractivity contribution < 1.29 is 23.4 Å². The molecule has 0 aliphatic carbocycles. The Kier molecular flexibility index (Phi) is 3.90. The lowest BCUT2D eigenvalue weighted by molar-refractivity contribution is -0.140. The molecule has 0 radical (unpaired) electrons. The predicted octanol–water partition coefficient (Wildman–Crippen LogP) is -0.763. The number of carboxylic acids is 1. The van der Waals surface area contributed by atoms with Crippen LogP contribution in [0.3, 0.4) is 0 Å². The lowest BCUT2D eigenvalue weighted by Gasteiger charge is -2.31. The minimum absolute atomic E-state index is 0.0393. The van der Waals surface area contributed by atoms with Crippen LogP contribution in [-0.4, -0.2) is 65.0 Å². The number of carbonyl (C=O) groups is 1. The van der Waals surface area contributed by atoms with Crippen molar-refractivity contribution >= 4 is 16.2 Å². The first-order chi connectivity index (χ1) is 8.43. The fourth-order valence-corrected chi connectivity index (χ4v) is 4.38. The summed E-state index contributed by atoms with van der Waals surface area (Å²) in [6, 6.07) is -1.15. The molecule has 2 aliphatic rings. The molecule has 0 bridgehead atoms. The number of aliphatic carboxylic acids is 1. The molecule has 2 atom stereocenters. The monoisotopic (exact) mass is 278 g/mol. The van der Waals surface area contributed by atoms with Gasteiger partial charge in [-0.05, 0) is 12.8 Å². The van der Waals surface area contributed by atoms with Gasteiger partial charge in [-0.2, -0.15) is 17.0 Å². The van der Waals surface area contributed by atoms with Gasteiger partial charge in [0.05, 0.1) is 6.10 Å². The highest BCUT2D eigenvalue weighted by Gasteiger charge is 2.45. The zero-order valence-corrected chi connectivity index (χ0v) is 10.8. The summed E-state index contributed by atoms with van der Waals surface area (Å²) in [6.45, 7) is 0.734. The average Bonchev–Trinajstić information content (AvgIpc) is 2.73. The van der Waals surface area contributed by atoms with Crippen LogP contribution in [0, 0.1) is 0 Å². The Balaban J connectivity index is 2.20. The number of piperidine rings is 1. The standard InChI is InChI=1S/C10H18N2O5S/c13-8-6-9(10(14)15)12(7-8)18(16,17)11-4-2-1-3-5-11/h8-9,13H,1-7H2,(H,14,15)/t8-,9-/m1/s1. The number of aliphatic hydroxyl groups excluding tert-OH is 1. The summed E-state index contributed by atoms with van der Waals surface area (Å²) in [6.07, 6.45) is 1.66. The molecule has 18 heavy (non-hydrogen) atoms. The third kappa shape index (κ3) is 2.51. The molecule has 2 rings (SSSR count). The number of aliphatic hydroxyl groups is 1. The third-order valence-corrected chi connectivity index (χ3v) is 5.47. The Labute approximate surface area is 106 Å². The summed E-state index contributed by atoms with van der Waals surface area (Å²) in [5.41, 5.74) is 0. The average molecular weight is 278 g/mol. The van der Waals surface area contributed by atoms with Gasteiger partial charge in [-0.25, -0.2) is 0 Å². The summed E-state index contributed by atoms with van der Waals surface area (Å²) < 4.78 is 26.9. The van der Waals surface area contributed by atoms with Crippen LogP contribution < -0.4 is 0 Å². The molecule has 2 aliphatic heterocycles. The molecule has 7 nitrogen and oxygen atoms in total. The Morgan fingerprint density at radius 1 is 1.17 bits per heavy atom. The fourth-order valence-electron chi connectivity index (χ4n) is 2.51. The van der Waals surface area contributed by atoms with E-state index < -0.39 is 28.3 Å². The van der Waals surface area contributed by atoms with Crippen molar-refractivity contribution in [2.45, 2.75) is 37.8 Å². The maximum atomic E-state index is 12.3. The normalized spacial score (nSPS) is 31.6. The van der Waals surface area contributed by atoms with Crippen LogP contribution in [0.25, 0.3) is 0 Å². The van der Waals surface area contributed by atoms with Crippen LogP contribution >= 0.6 is 0 Å². The Morgan fingerprint density at radius 2 is 1.78 bits per heavy atom. The summed E-state index contributed by atoms with van der Waals surface area (Å²) in [5.74, 6) is -1.20. The highest BCUT2D eigenvalue weighted by atomic mass is 32.2. The highest BCUT2D eigenvalue weighted by molar-refractivity contribution is 7.86. The van der Waals surface area contributed by atoms with Crippen molar-refractivity contribution in [1.82, 2.24) is 8.61 Å². The first kappa shape index (κ1) is 13.7. The first-order valence-electron chi connectivity index (χ1n) is 6.10. The number of β-amino-alcohol motifs (C(OH)–C–C–N with tert-alkyl or cyclic N) is 1. The maximum Gasteiger partial charge on any atom is 0.322 e. The van der Waals surface area contributed by atoms with E-state index in [2.05, 4.69) is 0 Å². The van der Waals surface area contributed by atoms with Crippen LogP contribution in [0.15, 0.2) is 0 Å². The molecule has 0 aromatic rings. The molecule has 8 heteroatoms. The second kappa shape index (κ2) is 5.12. The van der Waals surface area contributed by atoms with Gasteiger partial charge in [0.25, 0.3) is 10.2 Å². The predicted molar refractivity (Wildman–Crippen MR) is 63.1 cm³/mol. The zero-order valence-electron chi connectivity index (χ0n) is 10.0. The number of carboxylic acid groups (broad SMARTS) is 1. The van der Waals surface area contributed by atoms with Crippen LogP contribution in [0.1, 0.15) is 25.7 Å². The van der Waals surface area contributed by atoms with E-state index in [4.69, 9.17) is 5.11 Å². The molecule has 104 valence electrons. The number of rotatable bonds is 3. The Hall–Kier alpha value is -0.700. The van der Waals surface area contributed by atoms with Gasteiger partial charge in [0, 0.05) is 26.1 Å². The van der Waals surface area contributed by atoms with E-state index in [1.165, 1.54) is 4.31 Å². The molecular formula is C10H18N2O5S. The van der Waals surface area contributed by atoms with Gasteiger partial charge in [-0.3, -0.25) is 4.79 Å². The first-order valence-corrected chi connectivity index (χ1v) is 7.50. The van der Waals surface area contributed by atoms with Crippen molar-refractivity contribution in [3.63, 3.8) is 0 Å². The van der Waals surface area contributed by atoms with Crippen molar-refractivity contribution in [3.8, 4) is 0 Å². The SMILES string of the molecule is O=C(O)[C@H]1C[C@@H](O)CN1S(=O)(=O)N1CCCCC1. The molecule has 0 aromatic heterocycles. The molecule has 0 unspecified atom stereocenters. The molecule has 2 heterocycles. The van der Waals surface area contributed by atoms with Gasteiger partial charge in [0.15, 0.2) is 0 Å². The largest absolute Gasteiger partial charge is 0.480 e. The van der Waals surface area contributed by atoms with E-state index in [9.17, 15) is 18.3 Å². The van der Waals surface area contributed by atoms with Crippen molar-refractivity contribution in [2.75, 3.05) is 19.6 Å².